The molecule has 17 heteroatoms. The van der Waals surface area contributed by atoms with E-state index in [9.17, 15) is 0 Å². The van der Waals surface area contributed by atoms with Gasteiger partial charge in [-0.3, -0.25) is 15.4 Å². The monoisotopic (exact) mass is 1020 g/mol. The van der Waals surface area contributed by atoms with Gasteiger partial charge < -0.3 is 55.1 Å². The molecule has 0 unspecified atom stereocenters. The third kappa shape index (κ3) is 43.5. The molecule has 2 aromatic rings. The Labute approximate surface area is 444 Å². The van der Waals surface area contributed by atoms with Gasteiger partial charge in [0.25, 0.3) is 0 Å². The standard InChI is InChI=1S/C14H19N.C12H17NO.C7H15N3.C7H14N2.C5H13N3.C5H12N2O.C5H12N2.CH5N/c1-14(2,3)12-8-6-11(7-9-12)13-5-4-10-15-13;1-9(13)10-5-7-11(8-6-10)14-12(2,3)4;1-6(8)10-9-5-7(2,3)4;1-7(2,3)6-8-4-5-9-6;1-5(2,3)8-4(6)7;1-5(2,3)4(6)7-8;1-5(2,3)4(6)7;1-2/h6-9H,4-5,10H2,1-3H3;5-8,13H,1-4H3;5H,1-4H3,(H2,8,10);4-5H2,1-3H3,(H,8,9);1-3H3,(H4,6,7,8);8H,1-3H3,(H2,6,7);1-3H3,(H3,6,7);2H2,1H3/b;;9-5+;;;;;. The Kier molecular flexibility index (Phi) is 34.1. The average Bonchev–Trinajstić information content (AvgIpc) is 3.97. The number of hydrogen-bond acceptors (Lipinski definition) is 12. The number of oxime groups is 1. The molecule has 2 aromatic carbocycles. The van der Waals surface area contributed by atoms with Crippen molar-refractivity contribution in [2.45, 2.75) is 189 Å². The van der Waals surface area contributed by atoms with Crippen LogP contribution in [0.5, 0.6) is 5.75 Å². The fourth-order valence-electron chi connectivity index (χ4n) is 4.80. The lowest BCUT2D eigenvalue weighted by Crippen LogP contribution is -2.31. The number of amidine groups is 4. The lowest BCUT2D eigenvalue weighted by Gasteiger charge is -2.21. The van der Waals surface area contributed by atoms with E-state index in [0.717, 1.165) is 43.2 Å². The van der Waals surface area contributed by atoms with Crippen molar-refractivity contribution in [2.75, 3.05) is 26.7 Å². The van der Waals surface area contributed by atoms with Crippen LogP contribution in [-0.4, -0.2) is 90.0 Å². The minimum absolute atomic E-state index is 0.0823. The highest BCUT2D eigenvalue weighted by atomic mass is 16.5. The lowest BCUT2D eigenvalue weighted by atomic mass is 9.86. The molecule has 0 spiro atoms. The number of aliphatic imine (C=N–C) groups is 3. The van der Waals surface area contributed by atoms with Crippen LogP contribution in [0.15, 0.2) is 78.9 Å². The highest BCUT2D eigenvalue weighted by Gasteiger charge is 2.21. The predicted octanol–water partition coefficient (Wildman–Crippen LogP) is 10.6. The Morgan fingerprint density at radius 2 is 1.15 bits per heavy atom. The van der Waals surface area contributed by atoms with Gasteiger partial charge in [0.05, 0.1) is 17.9 Å². The molecule has 0 saturated carbocycles. The molecule has 73 heavy (non-hydrogen) atoms. The molecule has 0 atom stereocenters. The molecule has 0 fully saturated rings. The minimum atomic E-state index is -0.214. The molecule has 4 rings (SSSR count). The molecule has 16 N–H and O–H groups in total. The zero-order chi connectivity index (χ0) is 58.4. The van der Waals surface area contributed by atoms with E-state index in [-0.39, 0.29) is 55.8 Å². The first-order valence-corrected chi connectivity index (χ1v) is 24.9. The molecule has 418 valence electrons. The van der Waals surface area contributed by atoms with Crippen LogP contribution in [0.1, 0.15) is 189 Å². The third-order valence-corrected chi connectivity index (χ3v) is 8.86. The molecule has 2 aliphatic rings. The second kappa shape index (κ2) is 33.8. The molecule has 0 aliphatic carbocycles. The molecule has 0 radical (unpaired) electrons. The first-order valence-electron chi connectivity index (χ1n) is 24.9. The lowest BCUT2D eigenvalue weighted by molar-refractivity contribution is 0.131. The second-order valence-corrected chi connectivity index (χ2v) is 24.5. The van der Waals surface area contributed by atoms with Crippen LogP contribution in [0.2, 0.25) is 0 Å². The number of benzene rings is 2. The Morgan fingerprint density at radius 1 is 0.671 bits per heavy atom. The highest BCUT2D eigenvalue weighted by Crippen LogP contribution is 2.24. The number of hydrogen-bond donors (Lipinski definition) is 10. The number of rotatable bonds is 4. The summed E-state index contributed by atoms with van der Waals surface area (Å²) in [5, 5.41) is 36.1. The second-order valence-electron chi connectivity index (χ2n) is 24.5. The van der Waals surface area contributed by atoms with Gasteiger partial charge in [0.15, 0.2) is 5.96 Å². The van der Waals surface area contributed by atoms with Crippen molar-refractivity contribution in [1.82, 2.24) is 5.32 Å². The summed E-state index contributed by atoms with van der Waals surface area (Å²) in [6, 6.07) is 16.5. The fraction of sp³-hybridized carbons (Fsp3) is 0.643. The third-order valence-electron chi connectivity index (χ3n) is 8.86. The van der Waals surface area contributed by atoms with Gasteiger partial charge in [0, 0.05) is 47.0 Å². The van der Waals surface area contributed by atoms with Gasteiger partial charge in [-0.1, -0.05) is 133 Å². The first kappa shape index (κ1) is 73.7. The topological polar surface area (TPSA) is 319 Å². The summed E-state index contributed by atoms with van der Waals surface area (Å²) in [5.41, 5.74) is 35.8. The van der Waals surface area contributed by atoms with Gasteiger partial charge in [-0.05, 0) is 127 Å². The maximum Gasteiger partial charge on any atom is 0.186 e. The van der Waals surface area contributed by atoms with Gasteiger partial charge in [-0.2, -0.15) is 5.10 Å². The van der Waals surface area contributed by atoms with Crippen LogP contribution < -0.4 is 44.5 Å². The van der Waals surface area contributed by atoms with Gasteiger partial charge in [-0.25, -0.2) is 4.99 Å². The summed E-state index contributed by atoms with van der Waals surface area (Å²) in [4.78, 5) is 12.7. The van der Waals surface area contributed by atoms with Gasteiger partial charge in [0.1, 0.15) is 28.9 Å². The van der Waals surface area contributed by atoms with Crippen LogP contribution >= 0.6 is 0 Å². The number of ether oxygens (including phenoxy) is 1. The van der Waals surface area contributed by atoms with E-state index in [1.165, 1.54) is 30.3 Å². The predicted molar refractivity (Wildman–Crippen MR) is 320 cm³/mol. The summed E-state index contributed by atoms with van der Waals surface area (Å²) in [5.74, 6) is 3.15. The minimum Gasteiger partial charge on any atom is -0.488 e. The average molecular weight is 1020 g/mol. The van der Waals surface area contributed by atoms with Crippen molar-refractivity contribution in [3.05, 3.63) is 65.2 Å². The van der Waals surface area contributed by atoms with Crippen molar-refractivity contribution in [3.8, 4) is 5.75 Å². The SMILES string of the molecule is C/C(N)=N/N=C/C(C)(C)C.CC(=N)c1ccc(OC(C)(C)C)cc1.CC(C)(C)C(=N)N.CC(C)(C)C(N)=NO.CC(C)(C)C1=NCCN1.CC(C)(C)N=C(N)N.CC(C)(C)c1ccc(C2=NCCC2)cc1.CN. The molecule has 2 aliphatic heterocycles. The molecule has 2 heterocycles. The van der Waals surface area contributed by atoms with Crippen molar-refractivity contribution >= 4 is 46.9 Å². The number of nitrogens with zero attached hydrogens (tertiary/aromatic N) is 6. The van der Waals surface area contributed by atoms with Crippen molar-refractivity contribution in [2.24, 2.45) is 86.4 Å². The van der Waals surface area contributed by atoms with Crippen LogP contribution in [0.25, 0.3) is 0 Å². The summed E-state index contributed by atoms with van der Waals surface area (Å²) in [6.45, 7) is 49.1. The quantitative estimate of drug-likeness (QED) is 0.0601. The smallest absolute Gasteiger partial charge is 0.186 e. The summed E-state index contributed by atoms with van der Waals surface area (Å²) >= 11 is 0. The maximum absolute atomic E-state index is 8.13. The van der Waals surface area contributed by atoms with E-state index in [1.807, 2.05) is 107 Å². The van der Waals surface area contributed by atoms with Gasteiger partial charge in [-0.15, -0.1) is 5.10 Å². The van der Waals surface area contributed by atoms with E-state index in [4.69, 9.17) is 49.4 Å². The molecular weight excluding hydrogens is 915 g/mol. The zero-order valence-electron chi connectivity index (χ0n) is 50.2. The van der Waals surface area contributed by atoms with Crippen molar-refractivity contribution in [1.29, 1.82) is 10.8 Å². The Balaban J connectivity index is -0.000000385. The molecule has 17 nitrogen and oxygen atoms in total. The normalized spacial score (nSPS) is 13.8. The Hall–Kier alpha value is -5.84. The summed E-state index contributed by atoms with van der Waals surface area (Å²) in [6.07, 6.45) is 4.13. The van der Waals surface area contributed by atoms with Gasteiger partial charge >= 0.3 is 0 Å². The largest absolute Gasteiger partial charge is 0.488 e. The number of guanidine groups is 1. The van der Waals surface area contributed by atoms with Crippen LogP contribution in [0.4, 0.5) is 0 Å². The first-order chi connectivity index (χ1) is 32.8. The number of nitrogens with two attached hydrogens (primary N) is 6. The molecule has 0 saturated heterocycles. The van der Waals surface area contributed by atoms with Crippen LogP contribution in [0.3, 0.4) is 0 Å². The highest BCUT2D eigenvalue weighted by molar-refractivity contribution is 6.01. The molecular formula is C56H107N15O2. The molecule has 0 amide bonds. The van der Waals surface area contributed by atoms with E-state index in [0.29, 0.717) is 11.5 Å². The van der Waals surface area contributed by atoms with E-state index in [2.05, 4.69) is 128 Å². The Bertz CT molecular complexity index is 2040. The number of nitrogens with one attached hydrogen (secondary N) is 3. The molecule has 0 bridgehead atoms. The van der Waals surface area contributed by atoms with E-state index in [1.54, 1.807) is 20.1 Å². The fourth-order valence-corrected chi connectivity index (χ4v) is 4.80. The summed E-state index contributed by atoms with van der Waals surface area (Å²) in [7, 11) is 1.50. The van der Waals surface area contributed by atoms with Crippen molar-refractivity contribution < 1.29 is 9.94 Å². The van der Waals surface area contributed by atoms with E-state index >= 15 is 0 Å². The zero-order valence-corrected chi connectivity index (χ0v) is 50.2. The van der Waals surface area contributed by atoms with Gasteiger partial charge in [0.2, 0.25) is 0 Å². The van der Waals surface area contributed by atoms with E-state index < -0.39 is 0 Å². The van der Waals surface area contributed by atoms with Crippen LogP contribution in [0, 0.1) is 32.5 Å². The summed E-state index contributed by atoms with van der Waals surface area (Å²) < 4.78 is 5.67. The van der Waals surface area contributed by atoms with Crippen LogP contribution in [-0.2, 0) is 5.41 Å². The maximum atomic E-state index is 8.13. The van der Waals surface area contributed by atoms with Crippen molar-refractivity contribution in [3.63, 3.8) is 0 Å². The molecule has 0 aromatic heterocycles. The Morgan fingerprint density at radius 3 is 1.38 bits per heavy atom.